The zero-order valence-corrected chi connectivity index (χ0v) is 12.7. The van der Waals surface area contributed by atoms with Gasteiger partial charge in [0.25, 0.3) is 0 Å². The summed E-state index contributed by atoms with van der Waals surface area (Å²) in [7, 11) is -1.21. The molecule has 104 valence electrons. The lowest BCUT2D eigenvalue weighted by Gasteiger charge is -2.15. The summed E-state index contributed by atoms with van der Waals surface area (Å²) < 4.78 is 27.4. The topological polar surface area (TPSA) is 55.4 Å². The van der Waals surface area contributed by atoms with Crippen LogP contribution in [-0.2, 0) is 9.84 Å². The molecule has 0 bridgehead atoms. The summed E-state index contributed by atoms with van der Waals surface area (Å²) in [5, 5.41) is 5.35. The predicted octanol–water partition coefficient (Wildman–Crippen LogP) is 2.23. The average Bonchev–Trinajstić information content (AvgIpc) is 2.74. The quantitative estimate of drug-likeness (QED) is 0.798. The van der Waals surface area contributed by atoms with Crippen LogP contribution in [0.2, 0.25) is 0 Å². The molecule has 1 N–H and O–H groups in total. The van der Waals surface area contributed by atoms with Crippen LogP contribution in [0.3, 0.4) is 0 Å². The average molecular weight is 291 g/mol. The van der Waals surface area contributed by atoms with Crippen LogP contribution < -0.4 is 10.1 Å². The van der Waals surface area contributed by atoms with Gasteiger partial charge in [0.15, 0.2) is 0 Å². The standard InChI is InChI=1S/C12H21NO3S2/c1-4-13-11(6-5-7-18(3,14)15)12-8-10(16-2)9-17-12/h8-9,11,13H,4-7H2,1-3H3. The Bertz CT molecular complexity index is 454. The van der Waals surface area contributed by atoms with Crippen molar-refractivity contribution in [2.45, 2.75) is 25.8 Å². The van der Waals surface area contributed by atoms with Crippen LogP contribution >= 0.6 is 11.3 Å². The molecule has 0 aliphatic carbocycles. The number of thiophene rings is 1. The molecule has 1 heterocycles. The first-order chi connectivity index (χ1) is 8.46. The molecule has 1 aromatic heterocycles. The number of nitrogens with one attached hydrogen (secondary N) is 1. The number of methoxy groups -OCH3 is 1. The van der Waals surface area contributed by atoms with E-state index in [1.807, 2.05) is 11.4 Å². The lowest BCUT2D eigenvalue weighted by molar-refractivity contribution is 0.415. The number of rotatable bonds is 8. The molecule has 0 saturated heterocycles. The fraction of sp³-hybridized carbons (Fsp3) is 0.667. The van der Waals surface area contributed by atoms with Crippen molar-refractivity contribution < 1.29 is 13.2 Å². The molecular formula is C12H21NO3S2. The second-order valence-corrected chi connectivity index (χ2v) is 7.47. The van der Waals surface area contributed by atoms with Crippen molar-refractivity contribution in [3.63, 3.8) is 0 Å². The van der Waals surface area contributed by atoms with E-state index >= 15 is 0 Å². The number of sulfone groups is 1. The molecule has 4 nitrogen and oxygen atoms in total. The van der Waals surface area contributed by atoms with Crippen molar-refractivity contribution in [3.05, 3.63) is 16.3 Å². The third kappa shape index (κ3) is 5.37. The smallest absolute Gasteiger partial charge is 0.147 e. The number of hydrogen-bond donors (Lipinski definition) is 1. The van der Waals surface area contributed by atoms with E-state index in [0.29, 0.717) is 6.42 Å². The molecule has 1 aromatic rings. The van der Waals surface area contributed by atoms with E-state index in [1.54, 1.807) is 18.4 Å². The Morgan fingerprint density at radius 2 is 2.22 bits per heavy atom. The first-order valence-corrected chi connectivity index (χ1v) is 8.93. The Morgan fingerprint density at radius 3 is 2.72 bits per heavy atom. The highest BCUT2D eigenvalue weighted by atomic mass is 32.2. The molecule has 18 heavy (non-hydrogen) atoms. The van der Waals surface area contributed by atoms with Gasteiger partial charge in [-0.15, -0.1) is 11.3 Å². The molecule has 0 aliphatic rings. The lowest BCUT2D eigenvalue weighted by Crippen LogP contribution is -2.20. The minimum absolute atomic E-state index is 0.214. The van der Waals surface area contributed by atoms with E-state index in [1.165, 1.54) is 11.1 Å². The molecule has 0 aromatic carbocycles. The monoisotopic (exact) mass is 291 g/mol. The summed E-state index contributed by atoms with van der Waals surface area (Å²) >= 11 is 1.64. The zero-order chi connectivity index (χ0) is 13.6. The lowest BCUT2D eigenvalue weighted by atomic mass is 10.1. The van der Waals surface area contributed by atoms with E-state index in [0.717, 1.165) is 18.7 Å². The van der Waals surface area contributed by atoms with Crippen LogP contribution in [0, 0.1) is 0 Å². The van der Waals surface area contributed by atoms with E-state index < -0.39 is 9.84 Å². The van der Waals surface area contributed by atoms with Gasteiger partial charge in [0.05, 0.1) is 7.11 Å². The molecular weight excluding hydrogens is 270 g/mol. The van der Waals surface area contributed by atoms with Gasteiger partial charge in [-0.1, -0.05) is 6.92 Å². The van der Waals surface area contributed by atoms with Crippen molar-refractivity contribution in [3.8, 4) is 5.75 Å². The van der Waals surface area contributed by atoms with Crippen LogP contribution in [-0.4, -0.2) is 34.1 Å². The summed E-state index contributed by atoms with van der Waals surface area (Å²) in [6.45, 7) is 2.91. The maximum absolute atomic E-state index is 11.1. The second-order valence-electron chi connectivity index (χ2n) is 4.27. The van der Waals surface area contributed by atoms with Gasteiger partial charge in [0, 0.05) is 28.3 Å². The zero-order valence-electron chi connectivity index (χ0n) is 11.1. The van der Waals surface area contributed by atoms with Gasteiger partial charge in [-0.3, -0.25) is 0 Å². The first-order valence-electron chi connectivity index (χ1n) is 5.99. The fourth-order valence-electron chi connectivity index (χ4n) is 1.77. The van der Waals surface area contributed by atoms with Gasteiger partial charge in [-0.05, 0) is 25.5 Å². The van der Waals surface area contributed by atoms with Crippen molar-refractivity contribution >= 4 is 21.2 Å². The van der Waals surface area contributed by atoms with Crippen LogP contribution in [0.15, 0.2) is 11.4 Å². The maximum atomic E-state index is 11.1. The summed E-state index contributed by atoms with van der Waals surface area (Å²) in [6, 6.07) is 2.23. The molecule has 1 atom stereocenters. The maximum Gasteiger partial charge on any atom is 0.147 e. The van der Waals surface area contributed by atoms with Gasteiger partial charge in [0.2, 0.25) is 0 Å². The predicted molar refractivity (Wildman–Crippen MR) is 76.2 cm³/mol. The molecule has 0 aliphatic heterocycles. The van der Waals surface area contributed by atoms with E-state index in [-0.39, 0.29) is 11.8 Å². The van der Waals surface area contributed by atoms with Gasteiger partial charge < -0.3 is 10.1 Å². The molecule has 0 spiro atoms. The third-order valence-electron chi connectivity index (χ3n) is 2.63. The Hall–Kier alpha value is -0.590. The van der Waals surface area contributed by atoms with Gasteiger partial charge in [0.1, 0.15) is 15.6 Å². The number of ether oxygens (including phenoxy) is 1. The highest BCUT2D eigenvalue weighted by Gasteiger charge is 2.14. The Morgan fingerprint density at radius 1 is 1.50 bits per heavy atom. The van der Waals surface area contributed by atoms with E-state index in [4.69, 9.17) is 4.74 Å². The third-order valence-corrected chi connectivity index (χ3v) is 4.69. The van der Waals surface area contributed by atoms with Gasteiger partial charge in [-0.2, -0.15) is 0 Å². The highest BCUT2D eigenvalue weighted by molar-refractivity contribution is 7.90. The van der Waals surface area contributed by atoms with Crippen LogP contribution in [0.4, 0.5) is 0 Å². The molecule has 6 heteroatoms. The Labute approximate surface area is 113 Å². The highest BCUT2D eigenvalue weighted by Crippen LogP contribution is 2.29. The van der Waals surface area contributed by atoms with Crippen LogP contribution in [0.5, 0.6) is 5.75 Å². The number of hydrogen-bond acceptors (Lipinski definition) is 5. The van der Waals surface area contributed by atoms with Crippen molar-refractivity contribution in [1.29, 1.82) is 0 Å². The van der Waals surface area contributed by atoms with E-state index in [2.05, 4.69) is 12.2 Å². The van der Waals surface area contributed by atoms with Gasteiger partial charge in [-0.25, -0.2) is 8.42 Å². The molecule has 0 radical (unpaired) electrons. The van der Waals surface area contributed by atoms with Crippen LogP contribution in [0.25, 0.3) is 0 Å². The molecule has 1 unspecified atom stereocenters. The molecule has 0 amide bonds. The first kappa shape index (κ1) is 15.5. The summed E-state index contributed by atoms with van der Waals surface area (Å²) in [5.74, 6) is 1.11. The summed E-state index contributed by atoms with van der Waals surface area (Å²) in [4.78, 5) is 1.20. The SMILES string of the molecule is CCNC(CCCS(C)(=O)=O)c1cc(OC)cs1. The van der Waals surface area contributed by atoms with Gasteiger partial charge >= 0.3 is 0 Å². The minimum Gasteiger partial charge on any atom is -0.496 e. The summed E-state index contributed by atoms with van der Waals surface area (Å²) in [5.41, 5.74) is 0. The molecule has 0 saturated carbocycles. The van der Waals surface area contributed by atoms with Crippen molar-refractivity contribution in [2.75, 3.05) is 25.7 Å². The van der Waals surface area contributed by atoms with E-state index in [9.17, 15) is 8.42 Å². The molecule has 1 rings (SSSR count). The Kier molecular flexibility index (Phi) is 6.11. The summed E-state index contributed by atoms with van der Waals surface area (Å²) in [6.07, 6.45) is 2.78. The van der Waals surface area contributed by atoms with Crippen molar-refractivity contribution in [1.82, 2.24) is 5.32 Å². The van der Waals surface area contributed by atoms with Crippen molar-refractivity contribution in [2.24, 2.45) is 0 Å². The molecule has 0 fully saturated rings. The normalized spacial score (nSPS) is 13.5. The Balaban J connectivity index is 2.59. The largest absolute Gasteiger partial charge is 0.496 e. The minimum atomic E-state index is -2.87. The second kappa shape index (κ2) is 7.11. The van der Waals surface area contributed by atoms with Crippen LogP contribution in [0.1, 0.15) is 30.7 Å². The fourth-order valence-corrected chi connectivity index (χ4v) is 3.42.